The number of hydrogen-bond acceptors (Lipinski definition) is 5. The number of aryl methyl sites for hydroxylation is 2. The molecule has 2 amide bonds. The molecular formula is C24H38N4O4. The van der Waals surface area contributed by atoms with E-state index >= 15 is 0 Å². The summed E-state index contributed by atoms with van der Waals surface area (Å²) in [6.45, 7) is 5.80. The molecule has 2 aliphatic heterocycles. The standard InChI is InChI=1S/C24H38N4O4/c1-17-15-32-16-18(2)28(17)24(31)27-21(23(29)30)11-7-5-3-4-6-10-20-13-12-19-9-8-14-25-22(19)26-20/h12-13,17-18,21H,3-11,14-16H2,1-2H3,(H,25,26)(H,27,31)(H,29,30)/t17-,18+,21?. The van der Waals surface area contributed by atoms with Gasteiger partial charge in [0, 0.05) is 12.2 Å². The van der Waals surface area contributed by atoms with Crippen LogP contribution < -0.4 is 10.6 Å². The first kappa shape index (κ1) is 24.3. The smallest absolute Gasteiger partial charge is 0.326 e. The number of fused-ring (bicyclic) bond motifs is 1. The van der Waals surface area contributed by atoms with Crippen molar-refractivity contribution in [2.24, 2.45) is 0 Å². The molecule has 3 atom stereocenters. The van der Waals surface area contributed by atoms with E-state index in [1.807, 2.05) is 13.8 Å². The fourth-order valence-electron chi connectivity index (χ4n) is 4.58. The summed E-state index contributed by atoms with van der Waals surface area (Å²) < 4.78 is 5.45. The Kier molecular flexibility index (Phi) is 9.14. The highest BCUT2D eigenvalue weighted by molar-refractivity contribution is 5.82. The molecule has 0 aliphatic carbocycles. The molecule has 1 aromatic heterocycles. The van der Waals surface area contributed by atoms with E-state index in [0.29, 0.717) is 19.6 Å². The van der Waals surface area contributed by atoms with Crippen LogP contribution in [0.4, 0.5) is 10.6 Å². The quantitative estimate of drug-likeness (QED) is 0.475. The average Bonchev–Trinajstić information content (AvgIpc) is 2.77. The lowest BCUT2D eigenvalue weighted by Crippen LogP contribution is -2.58. The number of aromatic nitrogens is 1. The maximum absolute atomic E-state index is 12.6. The van der Waals surface area contributed by atoms with E-state index in [0.717, 1.165) is 63.0 Å². The summed E-state index contributed by atoms with van der Waals surface area (Å²) in [6, 6.07) is 3.05. The number of hydrogen-bond donors (Lipinski definition) is 3. The van der Waals surface area contributed by atoms with Gasteiger partial charge in [-0.05, 0) is 57.6 Å². The zero-order valence-electron chi connectivity index (χ0n) is 19.4. The van der Waals surface area contributed by atoms with E-state index < -0.39 is 12.0 Å². The molecule has 8 heteroatoms. The molecule has 1 fully saturated rings. The Balaban J connectivity index is 1.32. The molecule has 1 aromatic rings. The number of carbonyl (C=O) groups is 2. The molecule has 1 unspecified atom stereocenters. The number of morpholine rings is 1. The fourth-order valence-corrected chi connectivity index (χ4v) is 4.58. The van der Waals surface area contributed by atoms with Crippen molar-refractivity contribution in [3.05, 3.63) is 23.4 Å². The van der Waals surface area contributed by atoms with Crippen LogP contribution in [0.5, 0.6) is 0 Å². The van der Waals surface area contributed by atoms with Gasteiger partial charge >= 0.3 is 12.0 Å². The number of amides is 2. The maximum Gasteiger partial charge on any atom is 0.326 e. The number of urea groups is 1. The Hall–Kier alpha value is -2.35. The van der Waals surface area contributed by atoms with E-state index in [-0.39, 0.29) is 18.1 Å². The number of nitrogens with zero attached hydrogens (tertiary/aromatic N) is 2. The number of anilines is 1. The number of aliphatic carboxylic acids is 1. The third-order valence-corrected chi connectivity index (χ3v) is 6.38. The van der Waals surface area contributed by atoms with Gasteiger partial charge in [-0.25, -0.2) is 14.6 Å². The number of nitrogens with one attached hydrogen (secondary N) is 2. The van der Waals surface area contributed by atoms with Crippen molar-refractivity contribution in [1.29, 1.82) is 0 Å². The highest BCUT2D eigenvalue weighted by Gasteiger charge is 2.32. The Morgan fingerprint density at radius 1 is 1.19 bits per heavy atom. The molecule has 0 aromatic carbocycles. The van der Waals surface area contributed by atoms with Crippen LogP contribution in [-0.4, -0.2) is 64.9 Å². The number of rotatable bonds is 10. The summed E-state index contributed by atoms with van der Waals surface area (Å²) in [5, 5.41) is 15.6. The van der Waals surface area contributed by atoms with Gasteiger partial charge < -0.3 is 25.4 Å². The Morgan fingerprint density at radius 3 is 2.66 bits per heavy atom. The molecule has 0 spiro atoms. The Labute approximate surface area is 191 Å². The molecule has 2 aliphatic rings. The van der Waals surface area contributed by atoms with Crippen molar-refractivity contribution in [1.82, 2.24) is 15.2 Å². The van der Waals surface area contributed by atoms with Crippen molar-refractivity contribution in [3.63, 3.8) is 0 Å². The highest BCUT2D eigenvalue weighted by atomic mass is 16.5. The predicted molar refractivity (Wildman–Crippen MR) is 124 cm³/mol. The van der Waals surface area contributed by atoms with Gasteiger partial charge in [0.25, 0.3) is 0 Å². The fraction of sp³-hybridized carbons (Fsp3) is 0.708. The maximum atomic E-state index is 12.6. The Bertz CT molecular complexity index is 762. The third kappa shape index (κ3) is 6.82. The summed E-state index contributed by atoms with van der Waals surface area (Å²) >= 11 is 0. The van der Waals surface area contributed by atoms with Gasteiger partial charge in [-0.15, -0.1) is 0 Å². The number of unbranched alkanes of at least 4 members (excludes halogenated alkanes) is 4. The van der Waals surface area contributed by atoms with E-state index in [1.165, 1.54) is 12.0 Å². The van der Waals surface area contributed by atoms with Gasteiger partial charge in [0.05, 0.1) is 25.3 Å². The monoisotopic (exact) mass is 446 g/mol. The van der Waals surface area contributed by atoms with E-state index in [1.54, 1.807) is 4.90 Å². The van der Waals surface area contributed by atoms with Crippen LogP contribution in [0.1, 0.15) is 70.1 Å². The molecule has 3 rings (SSSR count). The molecular weight excluding hydrogens is 408 g/mol. The normalized spacial score (nSPS) is 21.4. The van der Waals surface area contributed by atoms with Crippen molar-refractivity contribution in [3.8, 4) is 0 Å². The zero-order valence-corrected chi connectivity index (χ0v) is 19.4. The molecule has 3 heterocycles. The highest BCUT2D eigenvalue weighted by Crippen LogP contribution is 2.21. The number of carboxylic acids is 1. The Morgan fingerprint density at radius 2 is 1.91 bits per heavy atom. The minimum Gasteiger partial charge on any atom is -0.480 e. The lowest BCUT2D eigenvalue weighted by molar-refractivity contribution is -0.139. The molecule has 1 saturated heterocycles. The predicted octanol–water partition coefficient (Wildman–Crippen LogP) is 3.59. The molecule has 0 saturated carbocycles. The van der Waals surface area contributed by atoms with Gasteiger partial charge in [-0.3, -0.25) is 0 Å². The summed E-state index contributed by atoms with van der Waals surface area (Å²) in [5.74, 6) is 0.0791. The molecule has 0 radical (unpaired) electrons. The van der Waals surface area contributed by atoms with Crippen molar-refractivity contribution in [2.45, 2.75) is 89.8 Å². The lowest BCUT2D eigenvalue weighted by atomic mass is 10.0. The number of carbonyl (C=O) groups excluding carboxylic acids is 1. The van der Waals surface area contributed by atoms with E-state index in [4.69, 9.17) is 9.72 Å². The second-order valence-electron chi connectivity index (χ2n) is 9.13. The summed E-state index contributed by atoms with van der Waals surface area (Å²) in [7, 11) is 0. The third-order valence-electron chi connectivity index (χ3n) is 6.38. The summed E-state index contributed by atoms with van der Waals surface area (Å²) in [4.78, 5) is 30.7. The minimum absolute atomic E-state index is 0.0615. The SMILES string of the molecule is C[C@@H]1COC[C@H](C)N1C(=O)NC(CCCCCCCc1ccc2c(n1)NCCC2)C(=O)O. The summed E-state index contributed by atoms with van der Waals surface area (Å²) in [6.07, 6.45) is 8.68. The molecule has 178 valence electrons. The van der Waals surface area contributed by atoms with Gasteiger partial charge in [0.2, 0.25) is 0 Å². The van der Waals surface area contributed by atoms with Gasteiger partial charge in [-0.2, -0.15) is 0 Å². The first-order valence-electron chi connectivity index (χ1n) is 12.1. The first-order chi connectivity index (χ1) is 15.5. The van der Waals surface area contributed by atoms with E-state index in [2.05, 4.69) is 22.8 Å². The van der Waals surface area contributed by atoms with Crippen LogP contribution in [0, 0.1) is 0 Å². The first-order valence-corrected chi connectivity index (χ1v) is 12.1. The van der Waals surface area contributed by atoms with Crippen LogP contribution in [0.15, 0.2) is 12.1 Å². The molecule has 32 heavy (non-hydrogen) atoms. The largest absolute Gasteiger partial charge is 0.480 e. The zero-order chi connectivity index (χ0) is 22.9. The average molecular weight is 447 g/mol. The van der Waals surface area contributed by atoms with E-state index in [9.17, 15) is 14.7 Å². The van der Waals surface area contributed by atoms with Crippen molar-refractivity contribution < 1.29 is 19.4 Å². The second kappa shape index (κ2) is 12.0. The van der Waals surface area contributed by atoms with Crippen molar-refractivity contribution >= 4 is 17.8 Å². The summed E-state index contributed by atoms with van der Waals surface area (Å²) in [5.41, 5.74) is 2.45. The molecule has 8 nitrogen and oxygen atoms in total. The number of carboxylic acid groups (broad SMARTS) is 1. The van der Waals surface area contributed by atoms with Crippen LogP contribution in [0.25, 0.3) is 0 Å². The van der Waals surface area contributed by atoms with Crippen LogP contribution in [0.2, 0.25) is 0 Å². The number of ether oxygens (including phenoxy) is 1. The van der Waals surface area contributed by atoms with Gasteiger partial charge in [0.1, 0.15) is 11.9 Å². The van der Waals surface area contributed by atoms with Crippen LogP contribution in [0.3, 0.4) is 0 Å². The lowest BCUT2D eigenvalue weighted by Gasteiger charge is -2.39. The van der Waals surface area contributed by atoms with Crippen molar-refractivity contribution in [2.75, 3.05) is 25.1 Å². The van der Waals surface area contributed by atoms with Crippen LogP contribution >= 0.6 is 0 Å². The molecule has 0 bridgehead atoms. The minimum atomic E-state index is -0.973. The van der Waals surface area contributed by atoms with Crippen LogP contribution in [-0.2, 0) is 22.4 Å². The van der Waals surface area contributed by atoms with Gasteiger partial charge in [-0.1, -0.05) is 31.7 Å². The molecule has 3 N–H and O–H groups in total. The van der Waals surface area contributed by atoms with Gasteiger partial charge in [0.15, 0.2) is 0 Å². The number of pyridine rings is 1. The second-order valence-corrected chi connectivity index (χ2v) is 9.13. The topological polar surface area (TPSA) is 104 Å².